The van der Waals surface area contributed by atoms with Gasteiger partial charge in [-0.3, -0.25) is 0 Å². The monoisotopic (exact) mass is 356 g/mol. The molecule has 19 heavy (non-hydrogen) atoms. The fourth-order valence-corrected chi connectivity index (χ4v) is 3.33. The molecule has 0 atom stereocenters. The minimum Gasteiger partial charge on any atom is -0.409 e. The molecule has 0 aliphatic heterocycles. The molecule has 3 nitrogen and oxygen atoms in total. The average Bonchev–Trinajstić information content (AvgIpc) is 2.38. The van der Waals surface area contributed by atoms with Crippen LogP contribution in [-0.2, 0) is 0 Å². The van der Waals surface area contributed by atoms with Gasteiger partial charge in [-0.15, -0.1) is 0 Å². The van der Waals surface area contributed by atoms with Gasteiger partial charge in [0, 0.05) is 24.8 Å². The molecule has 0 spiro atoms. The molecule has 0 radical (unpaired) electrons. The van der Waals surface area contributed by atoms with E-state index >= 15 is 0 Å². The summed E-state index contributed by atoms with van der Waals surface area (Å²) < 4.78 is 0.923. The van der Waals surface area contributed by atoms with E-state index in [2.05, 4.69) is 21.1 Å². The molecule has 6 heteroatoms. The lowest BCUT2D eigenvalue weighted by molar-refractivity contribution is 0.318. The summed E-state index contributed by atoms with van der Waals surface area (Å²) in [5.74, 6) is 0.0806. The van der Waals surface area contributed by atoms with E-state index in [9.17, 15) is 0 Å². The third-order valence-corrected chi connectivity index (χ3v) is 4.13. The Balaban J connectivity index is 2.41. The van der Waals surface area contributed by atoms with Crippen LogP contribution in [0.4, 0.5) is 0 Å². The molecule has 2 aromatic rings. The van der Waals surface area contributed by atoms with E-state index in [1.54, 1.807) is 6.07 Å². The first-order chi connectivity index (χ1) is 9.10. The van der Waals surface area contributed by atoms with E-state index in [0.29, 0.717) is 10.6 Å². The number of amidine groups is 1. The van der Waals surface area contributed by atoms with Gasteiger partial charge < -0.3 is 10.9 Å². The molecule has 2 rings (SSSR count). The highest BCUT2D eigenvalue weighted by atomic mass is 79.9. The van der Waals surface area contributed by atoms with Crippen molar-refractivity contribution in [1.82, 2.24) is 0 Å². The van der Waals surface area contributed by atoms with Crippen LogP contribution in [0.3, 0.4) is 0 Å². The molecule has 0 aliphatic rings. The van der Waals surface area contributed by atoms with Crippen molar-refractivity contribution >= 4 is 45.1 Å². The number of nitrogens with two attached hydrogens (primary N) is 1. The number of nitrogens with zero attached hydrogens (tertiary/aromatic N) is 1. The van der Waals surface area contributed by atoms with Crippen molar-refractivity contribution in [1.29, 1.82) is 0 Å². The van der Waals surface area contributed by atoms with E-state index in [0.717, 1.165) is 14.3 Å². The van der Waals surface area contributed by atoms with Crippen LogP contribution in [-0.4, -0.2) is 11.0 Å². The fraction of sp³-hybridized carbons (Fsp3) is 0. The Morgan fingerprint density at radius 2 is 2.05 bits per heavy atom. The summed E-state index contributed by atoms with van der Waals surface area (Å²) in [5.41, 5.74) is 6.35. The van der Waals surface area contributed by atoms with Crippen LogP contribution in [0.15, 0.2) is 61.9 Å². The molecule has 0 saturated carbocycles. The van der Waals surface area contributed by atoms with Gasteiger partial charge in [0.2, 0.25) is 0 Å². The predicted molar refractivity (Wildman–Crippen MR) is 82.2 cm³/mol. The van der Waals surface area contributed by atoms with Crippen molar-refractivity contribution in [2.24, 2.45) is 10.9 Å². The average molecular weight is 358 g/mol. The molecule has 0 aliphatic carbocycles. The highest BCUT2D eigenvalue weighted by Gasteiger charge is 2.09. The van der Waals surface area contributed by atoms with Gasteiger partial charge in [-0.1, -0.05) is 50.5 Å². The van der Waals surface area contributed by atoms with E-state index in [1.165, 1.54) is 11.8 Å². The third kappa shape index (κ3) is 3.65. The van der Waals surface area contributed by atoms with Crippen LogP contribution in [0.1, 0.15) is 5.56 Å². The van der Waals surface area contributed by atoms with Crippen LogP contribution >= 0.6 is 39.3 Å². The lowest BCUT2D eigenvalue weighted by Gasteiger charge is -2.09. The first-order valence-corrected chi connectivity index (χ1v) is 7.30. The van der Waals surface area contributed by atoms with Gasteiger partial charge in [0.25, 0.3) is 0 Å². The Morgan fingerprint density at radius 3 is 2.74 bits per heavy atom. The molecule has 0 amide bonds. The predicted octanol–water partition coefficient (Wildman–Crippen LogP) is 4.35. The van der Waals surface area contributed by atoms with Crippen LogP contribution in [0, 0.1) is 0 Å². The number of halogens is 2. The van der Waals surface area contributed by atoms with E-state index < -0.39 is 0 Å². The summed E-state index contributed by atoms with van der Waals surface area (Å²) in [5, 5.41) is 12.5. The van der Waals surface area contributed by atoms with Gasteiger partial charge >= 0.3 is 0 Å². The summed E-state index contributed by atoms with van der Waals surface area (Å²) in [6.07, 6.45) is 0. The summed E-state index contributed by atoms with van der Waals surface area (Å²) in [7, 11) is 0. The van der Waals surface area contributed by atoms with Gasteiger partial charge in [0.05, 0.1) is 0 Å². The first kappa shape index (κ1) is 14.2. The van der Waals surface area contributed by atoms with Gasteiger partial charge in [-0.05, 0) is 36.4 Å². The van der Waals surface area contributed by atoms with Crippen LogP contribution in [0.25, 0.3) is 0 Å². The van der Waals surface area contributed by atoms with Crippen molar-refractivity contribution < 1.29 is 5.21 Å². The maximum atomic E-state index is 8.81. The minimum atomic E-state index is 0.0806. The van der Waals surface area contributed by atoms with Crippen molar-refractivity contribution in [2.45, 2.75) is 9.79 Å². The minimum absolute atomic E-state index is 0.0806. The SMILES string of the molecule is N/C(=N/O)c1ccc(Br)cc1Sc1cccc(Cl)c1. The fourth-order valence-electron chi connectivity index (χ4n) is 1.50. The quantitative estimate of drug-likeness (QED) is 0.371. The summed E-state index contributed by atoms with van der Waals surface area (Å²) in [6, 6.07) is 13.1. The number of rotatable bonds is 3. The van der Waals surface area contributed by atoms with Crippen LogP contribution in [0.2, 0.25) is 5.02 Å². The maximum absolute atomic E-state index is 8.81. The third-order valence-electron chi connectivity index (χ3n) is 2.35. The van der Waals surface area contributed by atoms with Gasteiger partial charge in [-0.2, -0.15) is 0 Å². The maximum Gasteiger partial charge on any atom is 0.171 e. The molecule has 0 fully saturated rings. The Hall–Kier alpha value is -1.17. The highest BCUT2D eigenvalue weighted by molar-refractivity contribution is 9.10. The van der Waals surface area contributed by atoms with E-state index in [1.807, 2.05) is 36.4 Å². The lowest BCUT2D eigenvalue weighted by atomic mass is 10.2. The van der Waals surface area contributed by atoms with Crippen LogP contribution < -0.4 is 5.73 Å². The second-order valence-corrected chi connectivity index (χ2v) is 6.15. The largest absolute Gasteiger partial charge is 0.409 e. The molecule has 0 bridgehead atoms. The van der Waals surface area contributed by atoms with Crippen molar-refractivity contribution in [3.63, 3.8) is 0 Å². The zero-order valence-electron chi connectivity index (χ0n) is 9.68. The molecule has 0 unspecified atom stereocenters. The Labute approximate surface area is 128 Å². The second kappa shape index (κ2) is 6.32. The number of benzene rings is 2. The molecule has 2 aromatic carbocycles. The number of hydrogen-bond acceptors (Lipinski definition) is 3. The van der Waals surface area contributed by atoms with Crippen molar-refractivity contribution in [2.75, 3.05) is 0 Å². The number of hydrogen-bond donors (Lipinski definition) is 2. The van der Waals surface area contributed by atoms with Gasteiger partial charge in [0.1, 0.15) is 0 Å². The highest BCUT2D eigenvalue weighted by Crippen LogP contribution is 2.33. The van der Waals surface area contributed by atoms with E-state index in [-0.39, 0.29) is 5.84 Å². The second-order valence-electron chi connectivity index (χ2n) is 3.69. The Bertz CT molecular complexity index is 634. The summed E-state index contributed by atoms with van der Waals surface area (Å²) in [6.45, 7) is 0. The standard InChI is InChI=1S/C13H10BrClN2OS/c14-8-4-5-11(13(16)17-18)12(6-8)19-10-3-1-2-9(15)7-10/h1-7,18H,(H2,16,17). The van der Waals surface area contributed by atoms with E-state index in [4.69, 9.17) is 22.5 Å². The molecule has 0 saturated heterocycles. The van der Waals surface area contributed by atoms with Crippen LogP contribution in [0.5, 0.6) is 0 Å². The molecule has 0 aromatic heterocycles. The van der Waals surface area contributed by atoms with Gasteiger partial charge in [-0.25, -0.2) is 0 Å². The number of oxime groups is 1. The zero-order chi connectivity index (χ0) is 13.8. The molecular formula is C13H10BrClN2OS. The Morgan fingerprint density at radius 1 is 1.26 bits per heavy atom. The van der Waals surface area contributed by atoms with Gasteiger partial charge in [0.15, 0.2) is 5.84 Å². The summed E-state index contributed by atoms with van der Waals surface area (Å²) in [4.78, 5) is 1.87. The topological polar surface area (TPSA) is 58.6 Å². The lowest BCUT2D eigenvalue weighted by Crippen LogP contribution is -2.14. The molecule has 0 heterocycles. The summed E-state index contributed by atoms with van der Waals surface area (Å²) >= 11 is 10.9. The van der Waals surface area contributed by atoms with Crippen molar-refractivity contribution in [3.8, 4) is 0 Å². The normalized spacial score (nSPS) is 11.6. The smallest absolute Gasteiger partial charge is 0.171 e. The molecular weight excluding hydrogens is 348 g/mol. The molecule has 98 valence electrons. The first-order valence-electron chi connectivity index (χ1n) is 5.31. The van der Waals surface area contributed by atoms with Crippen molar-refractivity contribution in [3.05, 3.63) is 57.5 Å². The molecule has 3 N–H and O–H groups in total. The Kier molecular flexibility index (Phi) is 4.74. The zero-order valence-corrected chi connectivity index (χ0v) is 12.8.